The molecule has 172 valence electrons. The van der Waals surface area contributed by atoms with E-state index >= 15 is 0 Å². The molecule has 1 N–H and O–H groups in total. The molecule has 1 saturated heterocycles. The summed E-state index contributed by atoms with van der Waals surface area (Å²) in [6.07, 6.45) is 14.5. The topological polar surface area (TPSA) is 30.9 Å². The number of amidine groups is 1. The summed E-state index contributed by atoms with van der Waals surface area (Å²) < 4.78 is 0. The lowest BCUT2D eigenvalue weighted by Crippen LogP contribution is -2.42. The van der Waals surface area contributed by atoms with Gasteiger partial charge in [0, 0.05) is 42.8 Å². The SMILES string of the molecule is C=CNC1=CCC(/C(=C(/C)C(C)(C)C)N2C=CN=C(N3CCC(=C)CC3)C2=C)C=C1CC. The number of hydrogen-bond donors (Lipinski definition) is 1. The average molecular weight is 433 g/mol. The summed E-state index contributed by atoms with van der Waals surface area (Å²) in [4.78, 5) is 9.40. The van der Waals surface area contributed by atoms with Gasteiger partial charge in [0.05, 0.1) is 5.70 Å². The second kappa shape index (κ2) is 9.81. The molecule has 4 nitrogen and oxygen atoms in total. The van der Waals surface area contributed by atoms with E-state index in [1.807, 2.05) is 6.20 Å². The van der Waals surface area contributed by atoms with Crippen molar-refractivity contribution in [2.24, 2.45) is 16.3 Å². The van der Waals surface area contributed by atoms with Crippen LogP contribution in [0.15, 0.2) is 89.3 Å². The quantitative estimate of drug-likeness (QED) is 0.495. The van der Waals surface area contributed by atoms with Crippen molar-refractivity contribution in [3.05, 3.63) is 84.3 Å². The number of nitrogens with one attached hydrogen (secondary N) is 1. The normalized spacial score (nSPS) is 22.8. The van der Waals surface area contributed by atoms with Gasteiger partial charge in [0.25, 0.3) is 0 Å². The van der Waals surface area contributed by atoms with Crippen LogP contribution >= 0.6 is 0 Å². The Balaban J connectivity index is 1.98. The molecule has 4 heteroatoms. The van der Waals surface area contributed by atoms with Crippen LogP contribution in [-0.2, 0) is 0 Å². The molecule has 0 bridgehead atoms. The van der Waals surface area contributed by atoms with Crippen molar-refractivity contribution in [2.45, 2.75) is 60.3 Å². The third-order valence-electron chi connectivity index (χ3n) is 6.81. The largest absolute Gasteiger partial charge is 0.362 e. The summed E-state index contributed by atoms with van der Waals surface area (Å²) in [5.41, 5.74) is 7.53. The molecule has 0 amide bonds. The minimum atomic E-state index is 0.0463. The van der Waals surface area contributed by atoms with Gasteiger partial charge in [-0.2, -0.15) is 0 Å². The van der Waals surface area contributed by atoms with E-state index in [0.717, 1.165) is 50.3 Å². The molecule has 0 aromatic rings. The number of rotatable bonds is 5. The molecule has 2 heterocycles. The molecular weight excluding hydrogens is 392 g/mol. The van der Waals surface area contributed by atoms with Gasteiger partial charge in [0.15, 0.2) is 5.84 Å². The third kappa shape index (κ3) is 5.01. The Labute approximate surface area is 195 Å². The molecule has 1 atom stereocenters. The summed E-state index contributed by atoms with van der Waals surface area (Å²) in [7, 11) is 0. The minimum absolute atomic E-state index is 0.0463. The highest BCUT2D eigenvalue weighted by molar-refractivity contribution is 5.99. The molecular formula is C28H40N4. The van der Waals surface area contributed by atoms with Gasteiger partial charge in [-0.3, -0.25) is 0 Å². The molecule has 0 aromatic carbocycles. The summed E-state index contributed by atoms with van der Waals surface area (Å²) in [5, 5.41) is 3.31. The molecule has 0 radical (unpaired) electrons. The molecule has 1 fully saturated rings. The summed E-state index contributed by atoms with van der Waals surface area (Å²) in [6.45, 7) is 25.8. The Kier molecular flexibility index (Phi) is 7.33. The van der Waals surface area contributed by atoms with Crippen LogP contribution in [0.3, 0.4) is 0 Å². The molecule has 32 heavy (non-hydrogen) atoms. The van der Waals surface area contributed by atoms with Gasteiger partial charge in [-0.15, -0.1) is 0 Å². The summed E-state index contributed by atoms with van der Waals surface area (Å²) in [6, 6.07) is 0. The molecule has 1 aliphatic carbocycles. The predicted molar refractivity (Wildman–Crippen MR) is 138 cm³/mol. The number of hydrogen-bond acceptors (Lipinski definition) is 4. The molecule has 1 unspecified atom stereocenters. The van der Waals surface area contributed by atoms with Gasteiger partial charge < -0.3 is 15.1 Å². The predicted octanol–water partition coefficient (Wildman–Crippen LogP) is 6.63. The Morgan fingerprint density at radius 1 is 1.25 bits per heavy atom. The fraction of sp³-hybridized carbons (Fsp3) is 0.464. The van der Waals surface area contributed by atoms with Crippen molar-refractivity contribution in [1.29, 1.82) is 0 Å². The van der Waals surface area contributed by atoms with Gasteiger partial charge >= 0.3 is 0 Å². The highest BCUT2D eigenvalue weighted by Crippen LogP contribution is 2.40. The van der Waals surface area contributed by atoms with Crippen molar-refractivity contribution in [2.75, 3.05) is 13.1 Å². The van der Waals surface area contributed by atoms with Crippen LogP contribution in [0.1, 0.15) is 60.3 Å². The van der Waals surface area contributed by atoms with E-state index in [9.17, 15) is 0 Å². The second-order valence-electron chi connectivity index (χ2n) is 9.92. The average Bonchev–Trinajstić information content (AvgIpc) is 2.76. The van der Waals surface area contributed by atoms with E-state index in [4.69, 9.17) is 4.99 Å². The maximum absolute atomic E-state index is 4.75. The van der Waals surface area contributed by atoms with Crippen molar-refractivity contribution >= 4 is 5.84 Å². The lowest BCUT2D eigenvalue weighted by Gasteiger charge is -2.40. The Morgan fingerprint density at radius 2 is 1.94 bits per heavy atom. The van der Waals surface area contributed by atoms with E-state index < -0.39 is 0 Å². The Hall–Kier alpha value is -2.75. The molecule has 3 aliphatic rings. The number of aliphatic imine (C=N–C) groups is 1. The van der Waals surface area contributed by atoms with Gasteiger partial charge in [0.1, 0.15) is 0 Å². The van der Waals surface area contributed by atoms with E-state index in [0.29, 0.717) is 0 Å². The van der Waals surface area contributed by atoms with Crippen molar-refractivity contribution < 1.29 is 0 Å². The van der Waals surface area contributed by atoms with Crippen LogP contribution in [-0.4, -0.2) is 28.7 Å². The van der Waals surface area contributed by atoms with Gasteiger partial charge in [-0.25, -0.2) is 4.99 Å². The lowest BCUT2D eigenvalue weighted by molar-refractivity contribution is 0.373. The molecule has 0 spiro atoms. The van der Waals surface area contributed by atoms with Crippen molar-refractivity contribution in [3.8, 4) is 0 Å². The molecule has 0 saturated carbocycles. The number of piperidine rings is 1. The third-order valence-corrected chi connectivity index (χ3v) is 6.81. The van der Waals surface area contributed by atoms with E-state index in [2.05, 4.69) is 87.8 Å². The molecule has 3 rings (SSSR count). The first-order valence-corrected chi connectivity index (χ1v) is 11.8. The summed E-state index contributed by atoms with van der Waals surface area (Å²) in [5.74, 6) is 1.26. The minimum Gasteiger partial charge on any atom is -0.362 e. The fourth-order valence-corrected chi connectivity index (χ4v) is 4.53. The van der Waals surface area contributed by atoms with Gasteiger partial charge in [0.2, 0.25) is 0 Å². The van der Waals surface area contributed by atoms with E-state index in [1.54, 1.807) is 6.20 Å². The smallest absolute Gasteiger partial charge is 0.152 e. The van der Waals surface area contributed by atoms with Crippen LogP contribution in [0.5, 0.6) is 0 Å². The lowest BCUT2D eigenvalue weighted by atomic mass is 9.80. The number of likely N-dealkylation sites (tertiary alicyclic amines) is 1. The highest BCUT2D eigenvalue weighted by atomic mass is 15.3. The number of nitrogens with zero attached hydrogens (tertiary/aromatic N) is 3. The second-order valence-corrected chi connectivity index (χ2v) is 9.92. The first-order valence-electron chi connectivity index (χ1n) is 11.8. The zero-order valence-electron chi connectivity index (χ0n) is 20.7. The fourth-order valence-electron chi connectivity index (χ4n) is 4.53. The Bertz CT molecular complexity index is 923. The summed E-state index contributed by atoms with van der Waals surface area (Å²) >= 11 is 0. The maximum Gasteiger partial charge on any atom is 0.152 e. The Morgan fingerprint density at radius 3 is 2.53 bits per heavy atom. The zero-order chi connectivity index (χ0) is 23.5. The van der Waals surface area contributed by atoms with Gasteiger partial charge in [-0.1, -0.05) is 65.2 Å². The van der Waals surface area contributed by atoms with Gasteiger partial charge in [-0.05, 0) is 55.4 Å². The van der Waals surface area contributed by atoms with Crippen molar-refractivity contribution in [1.82, 2.24) is 15.1 Å². The van der Waals surface area contributed by atoms with Crippen LogP contribution in [0, 0.1) is 11.3 Å². The zero-order valence-corrected chi connectivity index (χ0v) is 20.7. The van der Waals surface area contributed by atoms with Crippen LogP contribution in [0.4, 0.5) is 0 Å². The van der Waals surface area contributed by atoms with E-state index in [-0.39, 0.29) is 11.3 Å². The van der Waals surface area contributed by atoms with Crippen LogP contribution in [0.2, 0.25) is 0 Å². The van der Waals surface area contributed by atoms with Crippen LogP contribution < -0.4 is 5.32 Å². The van der Waals surface area contributed by atoms with Crippen LogP contribution in [0.25, 0.3) is 0 Å². The van der Waals surface area contributed by atoms with Crippen molar-refractivity contribution in [3.63, 3.8) is 0 Å². The monoisotopic (exact) mass is 432 g/mol. The molecule has 0 aromatic heterocycles. The standard InChI is InChI=1S/C28H40N4/c1-9-23-19-24(11-12-25(23)29-10-2)26(21(4)28(6,7)8)32-18-15-30-27(22(32)5)31-16-13-20(3)14-17-31/h10,12,15,18-19,24,29H,2-3,5,9,11,13-14,16-17H2,1,4,6-8H3/b26-21+. The highest BCUT2D eigenvalue weighted by Gasteiger charge is 2.32. The van der Waals surface area contributed by atoms with E-state index in [1.165, 1.54) is 28.1 Å². The maximum atomic E-state index is 4.75. The first kappa shape index (κ1) is 23.9. The molecule has 2 aliphatic heterocycles. The number of allylic oxidation sites excluding steroid dienone is 4. The first-order chi connectivity index (χ1) is 15.2.